The molecule has 8 heteroatoms. The molecule has 3 aromatic rings. The van der Waals surface area contributed by atoms with Crippen molar-refractivity contribution in [1.29, 1.82) is 0 Å². The summed E-state index contributed by atoms with van der Waals surface area (Å²) in [5.74, 6) is 7.12. The monoisotopic (exact) mass is 358 g/mol. The molecule has 0 saturated heterocycles. The third-order valence-electron chi connectivity index (χ3n) is 3.12. The summed E-state index contributed by atoms with van der Waals surface area (Å²) in [6, 6.07) is 17.4. The van der Waals surface area contributed by atoms with Crippen LogP contribution in [0, 0.1) is 0 Å². The van der Waals surface area contributed by atoms with Gasteiger partial charge >= 0.3 is 0 Å². The quantitative estimate of drug-likeness (QED) is 0.305. The minimum Gasteiger partial charge on any atom is -0.334 e. The normalized spacial score (nSPS) is 11.0. The van der Waals surface area contributed by atoms with Gasteiger partial charge < -0.3 is 5.84 Å². The lowest BCUT2D eigenvalue weighted by Gasteiger charge is -2.03. The zero-order valence-corrected chi connectivity index (χ0v) is 14.2. The zero-order chi connectivity index (χ0) is 16.8. The second-order valence-corrected chi connectivity index (χ2v) is 6.25. The van der Waals surface area contributed by atoms with Gasteiger partial charge in [-0.05, 0) is 23.3 Å². The molecule has 24 heavy (non-hydrogen) atoms. The molecule has 1 aromatic heterocycles. The fourth-order valence-electron chi connectivity index (χ4n) is 1.89. The van der Waals surface area contributed by atoms with Crippen molar-refractivity contribution >= 4 is 35.5 Å². The Hall–Kier alpha value is -2.51. The van der Waals surface area contributed by atoms with E-state index >= 15 is 0 Å². The van der Waals surface area contributed by atoms with Crippen LogP contribution in [0.4, 0.5) is 5.95 Å². The topological polar surface area (TPSA) is 81.1 Å². The Bertz CT molecular complexity index is 816. The standard InChI is InChI=1S/C16H15ClN6S/c17-14-8-6-12(7-9-14)10-19-20-15-21-22-16(23(15)18)24-11-13-4-2-1-3-5-13/h1-10H,11,18H2,(H,20,21)/b19-10+. The van der Waals surface area contributed by atoms with Gasteiger partial charge in [-0.25, -0.2) is 10.1 Å². The molecular formula is C16H15ClN6S. The number of nitrogens with zero attached hydrogens (tertiary/aromatic N) is 4. The summed E-state index contributed by atoms with van der Waals surface area (Å²) in [5.41, 5.74) is 4.89. The number of hydrogen-bond donors (Lipinski definition) is 2. The summed E-state index contributed by atoms with van der Waals surface area (Å²) in [6.07, 6.45) is 1.65. The Morgan fingerprint density at radius 3 is 2.62 bits per heavy atom. The lowest BCUT2D eigenvalue weighted by atomic mass is 10.2. The molecule has 3 rings (SSSR count). The van der Waals surface area contributed by atoms with Crippen LogP contribution in [0.15, 0.2) is 64.9 Å². The van der Waals surface area contributed by atoms with Crippen LogP contribution in [-0.2, 0) is 5.75 Å². The van der Waals surface area contributed by atoms with Crippen LogP contribution in [0.2, 0.25) is 5.02 Å². The molecule has 0 saturated carbocycles. The number of halogens is 1. The SMILES string of the molecule is Nn1c(N/N=C/c2ccc(Cl)cc2)nnc1SCc1ccccc1. The Kier molecular flexibility index (Phi) is 5.35. The van der Waals surface area contributed by atoms with Crippen molar-refractivity contribution in [3.8, 4) is 0 Å². The summed E-state index contributed by atoms with van der Waals surface area (Å²) < 4.78 is 1.38. The molecule has 0 aliphatic heterocycles. The number of hydrogen-bond acceptors (Lipinski definition) is 6. The maximum atomic E-state index is 5.98. The van der Waals surface area contributed by atoms with E-state index in [1.54, 1.807) is 18.3 Å². The van der Waals surface area contributed by atoms with E-state index in [-0.39, 0.29) is 0 Å². The first kappa shape index (κ1) is 16.4. The first-order chi connectivity index (χ1) is 11.7. The molecule has 0 amide bonds. The second kappa shape index (κ2) is 7.85. The molecule has 0 atom stereocenters. The lowest BCUT2D eigenvalue weighted by Crippen LogP contribution is -2.13. The Balaban J connectivity index is 1.59. The van der Waals surface area contributed by atoms with Gasteiger partial charge in [0.05, 0.1) is 6.21 Å². The van der Waals surface area contributed by atoms with E-state index in [2.05, 4.69) is 32.9 Å². The van der Waals surface area contributed by atoms with E-state index in [0.717, 1.165) is 11.3 Å². The van der Waals surface area contributed by atoms with E-state index in [1.165, 1.54) is 22.0 Å². The predicted molar refractivity (Wildman–Crippen MR) is 98.8 cm³/mol. The average Bonchev–Trinajstić information content (AvgIpc) is 2.96. The van der Waals surface area contributed by atoms with Crippen molar-refractivity contribution < 1.29 is 0 Å². The smallest absolute Gasteiger partial charge is 0.264 e. The molecule has 122 valence electrons. The minimum absolute atomic E-state index is 0.371. The van der Waals surface area contributed by atoms with Crippen molar-refractivity contribution in [3.63, 3.8) is 0 Å². The van der Waals surface area contributed by atoms with Crippen molar-refractivity contribution in [2.24, 2.45) is 5.10 Å². The van der Waals surface area contributed by atoms with Crippen LogP contribution >= 0.6 is 23.4 Å². The van der Waals surface area contributed by atoms with Gasteiger partial charge in [0.2, 0.25) is 5.16 Å². The molecule has 0 fully saturated rings. The van der Waals surface area contributed by atoms with Crippen LogP contribution in [0.1, 0.15) is 11.1 Å². The van der Waals surface area contributed by atoms with Crippen LogP contribution < -0.4 is 11.3 Å². The molecule has 1 heterocycles. The molecule has 6 nitrogen and oxygen atoms in total. The number of nitrogen functional groups attached to an aromatic ring is 1. The molecule has 3 N–H and O–H groups in total. The fourth-order valence-corrected chi connectivity index (χ4v) is 2.83. The Morgan fingerprint density at radius 1 is 1.12 bits per heavy atom. The number of aromatic nitrogens is 3. The van der Waals surface area contributed by atoms with Gasteiger partial charge in [0.15, 0.2) is 0 Å². The molecule has 0 spiro atoms. The van der Waals surface area contributed by atoms with E-state index in [1.807, 2.05) is 30.3 Å². The molecule has 0 unspecified atom stereocenters. The number of anilines is 1. The molecule has 0 aliphatic rings. The van der Waals surface area contributed by atoms with Gasteiger partial charge in [-0.2, -0.15) is 5.10 Å². The van der Waals surface area contributed by atoms with E-state index in [9.17, 15) is 0 Å². The van der Waals surface area contributed by atoms with Crippen molar-refractivity contribution in [1.82, 2.24) is 14.9 Å². The third-order valence-corrected chi connectivity index (χ3v) is 4.39. The first-order valence-electron chi connectivity index (χ1n) is 7.14. The zero-order valence-electron chi connectivity index (χ0n) is 12.6. The van der Waals surface area contributed by atoms with Gasteiger partial charge in [0.25, 0.3) is 5.95 Å². The van der Waals surface area contributed by atoms with Gasteiger partial charge in [-0.3, -0.25) is 0 Å². The average molecular weight is 359 g/mol. The third kappa shape index (κ3) is 4.27. The van der Waals surface area contributed by atoms with Crippen LogP contribution in [0.25, 0.3) is 0 Å². The Labute approximate surface area is 148 Å². The molecule has 0 radical (unpaired) electrons. The van der Waals surface area contributed by atoms with Crippen LogP contribution in [0.5, 0.6) is 0 Å². The van der Waals surface area contributed by atoms with Crippen molar-refractivity contribution in [2.75, 3.05) is 11.3 Å². The van der Waals surface area contributed by atoms with Crippen LogP contribution in [0.3, 0.4) is 0 Å². The van der Waals surface area contributed by atoms with Gasteiger partial charge in [-0.15, -0.1) is 10.2 Å². The molecule has 0 bridgehead atoms. The highest BCUT2D eigenvalue weighted by Crippen LogP contribution is 2.21. The number of nitrogens with one attached hydrogen (secondary N) is 1. The highest BCUT2D eigenvalue weighted by Gasteiger charge is 2.09. The van der Waals surface area contributed by atoms with E-state index in [0.29, 0.717) is 16.1 Å². The van der Waals surface area contributed by atoms with Gasteiger partial charge in [0.1, 0.15) is 0 Å². The van der Waals surface area contributed by atoms with Crippen molar-refractivity contribution in [2.45, 2.75) is 10.9 Å². The van der Waals surface area contributed by atoms with Gasteiger partial charge in [-0.1, -0.05) is 65.8 Å². The molecule has 2 aromatic carbocycles. The maximum Gasteiger partial charge on any atom is 0.264 e. The number of benzene rings is 2. The van der Waals surface area contributed by atoms with E-state index < -0.39 is 0 Å². The highest BCUT2D eigenvalue weighted by molar-refractivity contribution is 7.98. The summed E-state index contributed by atoms with van der Waals surface area (Å²) in [4.78, 5) is 0. The number of thioether (sulfide) groups is 1. The van der Waals surface area contributed by atoms with Gasteiger partial charge in [0, 0.05) is 10.8 Å². The largest absolute Gasteiger partial charge is 0.334 e. The number of hydrazone groups is 1. The minimum atomic E-state index is 0.371. The molecular weight excluding hydrogens is 344 g/mol. The number of nitrogens with two attached hydrogens (primary N) is 1. The summed E-state index contributed by atoms with van der Waals surface area (Å²) in [6.45, 7) is 0. The van der Waals surface area contributed by atoms with Crippen molar-refractivity contribution in [3.05, 3.63) is 70.7 Å². The Morgan fingerprint density at radius 2 is 1.88 bits per heavy atom. The predicted octanol–water partition coefficient (Wildman–Crippen LogP) is 3.38. The summed E-state index contributed by atoms with van der Waals surface area (Å²) >= 11 is 7.35. The highest BCUT2D eigenvalue weighted by atomic mass is 35.5. The summed E-state index contributed by atoms with van der Waals surface area (Å²) in [5, 5.41) is 13.5. The molecule has 0 aliphatic carbocycles. The first-order valence-corrected chi connectivity index (χ1v) is 8.50. The number of rotatable bonds is 6. The fraction of sp³-hybridized carbons (Fsp3) is 0.0625. The maximum absolute atomic E-state index is 5.98. The summed E-state index contributed by atoms with van der Waals surface area (Å²) in [7, 11) is 0. The second-order valence-electron chi connectivity index (χ2n) is 4.87. The lowest BCUT2D eigenvalue weighted by molar-refractivity contribution is 0.847. The van der Waals surface area contributed by atoms with Crippen LogP contribution in [-0.4, -0.2) is 21.1 Å². The van der Waals surface area contributed by atoms with E-state index in [4.69, 9.17) is 17.4 Å².